The van der Waals surface area contributed by atoms with Gasteiger partial charge in [0.25, 0.3) is 0 Å². The smallest absolute Gasteiger partial charge is 0.137 e. The molecule has 2 rings (SSSR count). The van der Waals surface area contributed by atoms with Crippen molar-refractivity contribution in [3.63, 3.8) is 0 Å². The van der Waals surface area contributed by atoms with Crippen LogP contribution in [0.3, 0.4) is 0 Å². The molecule has 0 unspecified atom stereocenters. The van der Waals surface area contributed by atoms with Crippen LogP contribution in [0.1, 0.15) is 12.5 Å². The maximum Gasteiger partial charge on any atom is 0.137 e. The first-order chi connectivity index (χ1) is 7.40. The highest BCUT2D eigenvalue weighted by molar-refractivity contribution is 5.43. The third kappa shape index (κ3) is 2.31. The Balaban J connectivity index is 2.20. The third-order valence-corrected chi connectivity index (χ3v) is 2.03. The van der Waals surface area contributed by atoms with Crippen molar-refractivity contribution in [2.24, 2.45) is 0 Å². The molecular weight excluding hydrogens is 190 g/mol. The molecule has 0 aromatic carbocycles. The van der Waals surface area contributed by atoms with Crippen molar-refractivity contribution >= 4 is 5.82 Å². The number of hydrogen-bond donors (Lipinski definition) is 1. The summed E-state index contributed by atoms with van der Waals surface area (Å²) in [5, 5.41) is 7.28. The summed E-state index contributed by atoms with van der Waals surface area (Å²) in [6, 6.07) is 3.96. The van der Waals surface area contributed by atoms with E-state index in [2.05, 4.69) is 20.4 Å². The lowest BCUT2D eigenvalue weighted by Crippen LogP contribution is -2.07. The Hall–Kier alpha value is -1.91. The number of pyridine rings is 1. The second-order valence-corrected chi connectivity index (χ2v) is 3.13. The molecule has 0 aliphatic heterocycles. The van der Waals surface area contributed by atoms with Crippen LogP contribution in [-0.4, -0.2) is 26.3 Å². The van der Waals surface area contributed by atoms with Crippen LogP contribution in [0.25, 0.3) is 0 Å². The fourth-order valence-corrected chi connectivity index (χ4v) is 1.38. The van der Waals surface area contributed by atoms with E-state index in [1.165, 1.54) is 6.33 Å². The molecule has 0 aliphatic rings. The minimum absolute atomic E-state index is 0.691. The maximum atomic E-state index is 4.28. The zero-order valence-electron chi connectivity index (χ0n) is 8.59. The Kier molecular flexibility index (Phi) is 2.92. The largest absolute Gasteiger partial charge is 0.370 e. The highest BCUT2D eigenvalue weighted by Crippen LogP contribution is 2.11. The summed E-state index contributed by atoms with van der Waals surface area (Å²) in [7, 11) is 0. The van der Waals surface area contributed by atoms with E-state index in [-0.39, 0.29) is 0 Å². The molecule has 0 fully saturated rings. The predicted molar refractivity (Wildman–Crippen MR) is 57.5 cm³/mol. The van der Waals surface area contributed by atoms with Crippen molar-refractivity contribution in [1.82, 2.24) is 19.7 Å². The Bertz CT molecular complexity index is 410. The summed E-state index contributed by atoms with van der Waals surface area (Å²) in [6.45, 7) is 3.60. The lowest BCUT2D eigenvalue weighted by molar-refractivity contribution is 0.683. The predicted octanol–water partition coefficient (Wildman–Crippen LogP) is 1.15. The molecule has 0 saturated heterocycles. The molecule has 0 bridgehead atoms. The van der Waals surface area contributed by atoms with Crippen LogP contribution in [0, 0.1) is 0 Å². The van der Waals surface area contributed by atoms with Crippen LogP contribution in [0.5, 0.6) is 0 Å². The van der Waals surface area contributed by atoms with Gasteiger partial charge in [-0.3, -0.25) is 0 Å². The van der Waals surface area contributed by atoms with E-state index < -0.39 is 0 Å². The lowest BCUT2D eigenvalue weighted by Gasteiger charge is -2.08. The molecule has 78 valence electrons. The van der Waals surface area contributed by atoms with Crippen molar-refractivity contribution in [2.75, 3.05) is 11.9 Å². The van der Waals surface area contributed by atoms with Crippen molar-refractivity contribution in [1.29, 1.82) is 0 Å². The second-order valence-electron chi connectivity index (χ2n) is 3.13. The minimum atomic E-state index is 0.691. The summed E-state index contributed by atoms with van der Waals surface area (Å²) >= 11 is 0. The minimum Gasteiger partial charge on any atom is -0.370 e. The number of anilines is 1. The molecule has 0 saturated carbocycles. The van der Waals surface area contributed by atoms with Crippen molar-refractivity contribution in [3.05, 3.63) is 36.5 Å². The van der Waals surface area contributed by atoms with Gasteiger partial charge < -0.3 is 5.32 Å². The van der Waals surface area contributed by atoms with E-state index in [0.29, 0.717) is 6.54 Å². The van der Waals surface area contributed by atoms with Gasteiger partial charge >= 0.3 is 0 Å². The summed E-state index contributed by atoms with van der Waals surface area (Å²) in [6.07, 6.45) is 5.01. The third-order valence-electron chi connectivity index (χ3n) is 2.03. The van der Waals surface area contributed by atoms with Crippen LogP contribution >= 0.6 is 0 Å². The zero-order chi connectivity index (χ0) is 10.5. The fraction of sp³-hybridized carbons (Fsp3) is 0.300. The summed E-state index contributed by atoms with van der Waals surface area (Å²) in [5.41, 5.74) is 1.12. The van der Waals surface area contributed by atoms with Crippen LogP contribution in [0.2, 0.25) is 0 Å². The van der Waals surface area contributed by atoms with Gasteiger partial charge in [-0.1, -0.05) is 6.07 Å². The van der Waals surface area contributed by atoms with E-state index in [4.69, 9.17) is 0 Å². The highest BCUT2D eigenvalue weighted by Gasteiger charge is 2.02. The second kappa shape index (κ2) is 4.54. The molecule has 0 amide bonds. The Morgan fingerprint density at radius 3 is 3.13 bits per heavy atom. The number of rotatable bonds is 4. The lowest BCUT2D eigenvalue weighted by atomic mass is 10.2. The van der Waals surface area contributed by atoms with Gasteiger partial charge in [0, 0.05) is 18.3 Å². The molecule has 0 atom stereocenters. The Labute approximate surface area is 88.2 Å². The molecule has 5 nitrogen and oxygen atoms in total. The molecule has 2 aromatic rings. The normalized spacial score (nSPS) is 10.2. The van der Waals surface area contributed by atoms with Crippen molar-refractivity contribution in [2.45, 2.75) is 13.5 Å². The monoisotopic (exact) mass is 203 g/mol. The topological polar surface area (TPSA) is 55.6 Å². The molecule has 0 aliphatic carbocycles. The number of aromatic nitrogens is 4. The first-order valence-electron chi connectivity index (χ1n) is 4.90. The molecule has 1 N–H and O–H groups in total. The van der Waals surface area contributed by atoms with Gasteiger partial charge in [-0.05, 0) is 13.0 Å². The average Bonchev–Trinajstić information content (AvgIpc) is 2.74. The van der Waals surface area contributed by atoms with Gasteiger partial charge in [-0.15, -0.1) is 0 Å². The van der Waals surface area contributed by atoms with Crippen LogP contribution in [0.4, 0.5) is 5.82 Å². The molecular formula is C10H13N5. The molecule has 0 radical (unpaired) electrons. The maximum absolute atomic E-state index is 4.28. The average molecular weight is 203 g/mol. The SMILES string of the molecule is CCNc1ncccc1Cn1cncn1. The van der Waals surface area contributed by atoms with Gasteiger partial charge in [-0.2, -0.15) is 5.10 Å². The van der Waals surface area contributed by atoms with Gasteiger partial charge in [0.2, 0.25) is 0 Å². The van der Waals surface area contributed by atoms with Crippen LogP contribution in [-0.2, 0) is 6.54 Å². The number of nitrogens with one attached hydrogen (secondary N) is 1. The quantitative estimate of drug-likeness (QED) is 0.810. The molecule has 0 spiro atoms. The fourth-order valence-electron chi connectivity index (χ4n) is 1.38. The Morgan fingerprint density at radius 2 is 2.40 bits per heavy atom. The van der Waals surface area contributed by atoms with Crippen LogP contribution < -0.4 is 5.32 Å². The van der Waals surface area contributed by atoms with E-state index in [0.717, 1.165) is 17.9 Å². The van der Waals surface area contributed by atoms with Gasteiger partial charge in [-0.25, -0.2) is 14.6 Å². The standard InChI is InChI=1S/C10H13N5/c1-2-12-10-9(4-3-5-13-10)6-15-8-11-7-14-15/h3-5,7-8H,2,6H2,1H3,(H,12,13). The first-order valence-corrected chi connectivity index (χ1v) is 4.90. The van der Waals surface area contributed by atoms with Crippen LogP contribution in [0.15, 0.2) is 31.0 Å². The van der Waals surface area contributed by atoms with Crippen molar-refractivity contribution < 1.29 is 0 Å². The highest BCUT2D eigenvalue weighted by atomic mass is 15.3. The van der Waals surface area contributed by atoms with E-state index >= 15 is 0 Å². The Morgan fingerprint density at radius 1 is 1.47 bits per heavy atom. The van der Waals surface area contributed by atoms with E-state index in [1.54, 1.807) is 17.2 Å². The van der Waals surface area contributed by atoms with Gasteiger partial charge in [0.1, 0.15) is 18.5 Å². The molecule has 2 aromatic heterocycles. The first kappa shape index (κ1) is 9.64. The molecule has 5 heteroatoms. The molecule has 2 heterocycles. The molecule has 15 heavy (non-hydrogen) atoms. The van der Waals surface area contributed by atoms with E-state index in [1.807, 2.05) is 19.1 Å². The number of hydrogen-bond acceptors (Lipinski definition) is 4. The van der Waals surface area contributed by atoms with Gasteiger partial charge in [0.15, 0.2) is 0 Å². The summed E-state index contributed by atoms with van der Waals surface area (Å²) < 4.78 is 1.78. The van der Waals surface area contributed by atoms with Gasteiger partial charge in [0.05, 0.1) is 6.54 Å². The summed E-state index contributed by atoms with van der Waals surface area (Å²) in [4.78, 5) is 8.18. The summed E-state index contributed by atoms with van der Waals surface area (Å²) in [5.74, 6) is 0.913. The van der Waals surface area contributed by atoms with E-state index in [9.17, 15) is 0 Å². The zero-order valence-corrected chi connectivity index (χ0v) is 8.59. The van der Waals surface area contributed by atoms with Crippen molar-refractivity contribution in [3.8, 4) is 0 Å². The number of nitrogens with zero attached hydrogens (tertiary/aromatic N) is 4.